The van der Waals surface area contributed by atoms with Gasteiger partial charge in [0.05, 0.1) is 4.92 Å². The van der Waals surface area contributed by atoms with Crippen molar-refractivity contribution >= 4 is 23.6 Å². The molecule has 1 aliphatic carbocycles. The molecule has 2 aliphatic rings. The van der Waals surface area contributed by atoms with E-state index >= 15 is 0 Å². The van der Waals surface area contributed by atoms with Crippen LogP contribution in [0.3, 0.4) is 0 Å². The van der Waals surface area contributed by atoms with Crippen molar-refractivity contribution in [3.8, 4) is 17.4 Å². The second-order valence-electron chi connectivity index (χ2n) is 7.60. The highest BCUT2D eigenvalue weighted by molar-refractivity contribution is 6.19. The molecule has 0 saturated heterocycles. The molecule has 1 aromatic carbocycles. The second-order valence-corrected chi connectivity index (χ2v) is 7.60. The van der Waals surface area contributed by atoms with Crippen molar-refractivity contribution in [2.75, 3.05) is 0 Å². The molecule has 0 bridgehead atoms. The summed E-state index contributed by atoms with van der Waals surface area (Å²) in [5, 5.41) is 20.5. The fourth-order valence-electron chi connectivity index (χ4n) is 4.09. The molecule has 0 unspecified atom stereocenters. The number of nitrogens with zero attached hydrogens (tertiary/aromatic N) is 3. The van der Waals surface area contributed by atoms with Crippen LogP contribution in [0.25, 0.3) is 17.4 Å². The fourth-order valence-corrected chi connectivity index (χ4v) is 4.09. The number of non-ortho nitro benzene ring substituents is 1. The summed E-state index contributed by atoms with van der Waals surface area (Å²) >= 11 is 0. The van der Waals surface area contributed by atoms with E-state index in [9.17, 15) is 25.0 Å². The molecule has 4 rings (SSSR count). The predicted octanol–water partition coefficient (Wildman–Crippen LogP) is 4.39. The number of nitriles is 1. The standard InChI is InChI=1S/C23H19N3O5/c1-14-19(22(27)25(16-6-2-3-7-16)23(28)20(14)13-24)12-18-9-10-21(31-18)15-5-4-8-17(11-15)26(29)30/h4-5,8-12,16H,2-3,6-7H2,1H3/b19-12+. The maximum Gasteiger partial charge on any atom is 0.271 e. The zero-order valence-electron chi connectivity index (χ0n) is 16.8. The molecule has 1 aliphatic heterocycles. The van der Waals surface area contributed by atoms with Crippen molar-refractivity contribution in [2.24, 2.45) is 0 Å². The van der Waals surface area contributed by atoms with Gasteiger partial charge in [0.25, 0.3) is 17.5 Å². The van der Waals surface area contributed by atoms with E-state index in [1.54, 1.807) is 31.2 Å². The van der Waals surface area contributed by atoms with Crippen LogP contribution in [0.4, 0.5) is 5.69 Å². The third-order valence-electron chi connectivity index (χ3n) is 5.72. The van der Waals surface area contributed by atoms with Crippen LogP contribution in [-0.4, -0.2) is 27.7 Å². The maximum absolute atomic E-state index is 13.2. The molecule has 1 fully saturated rings. The Balaban J connectivity index is 1.72. The number of benzene rings is 1. The Kier molecular flexibility index (Phi) is 5.26. The van der Waals surface area contributed by atoms with Crippen LogP contribution in [0.1, 0.15) is 38.4 Å². The molecule has 8 nitrogen and oxygen atoms in total. The van der Waals surface area contributed by atoms with Gasteiger partial charge < -0.3 is 4.42 Å². The molecular formula is C23H19N3O5. The van der Waals surface area contributed by atoms with Crippen molar-refractivity contribution in [3.05, 3.63) is 69.0 Å². The summed E-state index contributed by atoms with van der Waals surface area (Å²) in [5.41, 5.74) is 0.993. The van der Waals surface area contributed by atoms with Crippen molar-refractivity contribution in [2.45, 2.75) is 38.6 Å². The zero-order chi connectivity index (χ0) is 22.1. The van der Waals surface area contributed by atoms with Gasteiger partial charge in [-0.15, -0.1) is 0 Å². The average molecular weight is 417 g/mol. The number of furan rings is 1. The summed E-state index contributed by atoms with van der Waals surface area (Å²) in [7, 11) is 0. The lowest BCUT2D eigenvalue weighted by molar-refractivity contribution is -0.384. The number of carbonyl (C=O) groups is 2. The molecular weight excluding hydrogens is 398 g/mol. The van der Waals surface area contributed by atoms with E-state index in [1.165, 1.54) is 23.1 Å². The number of hydrogen-bond donors (Lipinski definition) is 0. The first-order valence-electron chi connectivity index (χ1n) is 9.96. The minimum absolute atomic E-state index is 0.0387. The summed E-state index contributed by atoms with van der Waals surface area (Å²) in [6.07, 6.45) is 4.87. The van der Waals surface area contributed by atoms with E-state index in [-0.39, 0.29) is 22.9 Å². The molecule has 2 heterocycles. The molecule has 2 amide bonds. The summed E-state index contributed by atoms with van der Waals surface area (Å²) < 4.78 is 5.80. The topological polar surface area (TPSA) is 117 Å². The van der Waals surface area contributed by atoms with Crippen molar-refractivity contribution in [3.63, 3.8) is 0 Å². The number of hydrogen-bond acceptors (Lipinski definition) is 6. The van der Waals surface area contributed by atoms with Crippen LogP contribution in [0.2, 0.25) is 0 Å². The van der Waals surface area contributed by atoms with Crippen molar-refractivity contribution in [1.29, 1.82) is 5.26 Å². The summed E-state index contributed by atoms with van der Waals surface area (Å²) in [6, 6.07) is 11.1. The maximum atomic E-state index is 13.2. The van der Waals surface area contributed by atoms with Crippen LogP contribution in [-0.2, 0) is 9.59 Å². The minimum atomic E-state index is -0.536. The molecule has 0 spiro atoms. The molecule has 1 saturated carbocycles. The Morgan fingerprint density at radius 2 is 1.94 bits per heavy atom. The molecule has 1 aromatic heterocycles. The van der Waals surface area contributed by atoms with Crippen molar-refractivity contribution < 1.29 is 18.9 Å². The molecule has 2 aromatic rings. The minimum Gasteiger partial charge on any atom is -0.457 e. The Morgan fingerprint density at radius 1 is 1.19 bits per heavy atom. The molecule has 156 valence electrons. The van der Waals surface area contributed by atoms with E-state index in [2.05, 4.69) is 0 Å². The van der Waals surface area contributed by atoms with Crippen LogP contribution in [0.5, 0.6) is 0 Å². The number of rotatable bonds is 4. The predicted molar refractivity (Wildman–Crippen MR) is 111 cm³/mol. The molecule has 0 atom stereocenters. The SMILES string of the molecule is CC1=C(C#N)C(=O)N(C2CCCC2)C(=O)/C1=C/c1ccc(-c2cccc([N+](=O)[O-])c2)o1. The van der Waals surface area contributed by atoms with Gasteiger partial charge in [0, 0.05) is 29.3 Å². The number of imide groups is 1. The normalized spacial score (nSPS) is 18.7. The van der Waals surface area contributed by atoms with Gasteiger partial charge in [0.15, 0.2) is 0 Å². The molecule has 31 heavy (non-hydrogen) atoms. The highest BCUT2D eigenvalue weighted by atomic mass is 16.6. The third kappa shape index (κ3) is 3.66. The molecule has 0 N–H and O–H groups in total. The van der Waals surface area contributed by atoms with E-state index in [1.807, 2.05) is 6.07 Å². The number of nitro groups is 1. The number of carbonyl (C=O) groups excluding carboxylic acids is 2. The Labute approximate surface area is 178 Å². The fraction of sp³-hybridized carbons (Fsp3) is 0.261. The zero-order valence-corrected chi connectivity index (χ0v) is 16.8. The Hall–Kier alpha value is -3.99. The quantitative estimate of drug-likeness (QED) is 0.315. The molecule has 0 radical (unpaired) electrons. The summed E-state index contributed by atoms with van der Waals surface area (Å²) in [6.45, 7) is 1.58. The first-order valence-corrected chi connectivity index (χ1v) is 9.96. The highest BCUT2D eigenvalue weighted by Gasteiger charge is 2.40. The van der Waals surface area contributed by atoms with Gasteiger partial charge in [-0.3, -0.25) is 24.6 Å². The summed E-state index contributed by atoms with van der Waals surface area (Å²) in [5.74, 6) is -0.209. The largest absolute Gasteiger partial charge is 0.457 e. The van der Waals surface area contributed by atoms with Gasteiger partial charge in [-0.1, -0.05) is 25.0 Å². The van der Waals surface area contributed by atoms with Gasteiger partial charge in [-0.2, -0.15) is 5.26 Å². The van der Waals surface area contributed by atoms with Gasteiger partial charge >= 0.3 is 0 Å². The van der Waals surface area contributed by atoms with Gasteiger partial charge in [0.1, 0.15) is 23.2 Å². The van der Waals surface area contributed by atoms with E-state index in [0.29, 0.717) is 22.7 Å². The lowest BCUT2D eigenvalue weighted by Gasteiger charge is -2.31. The van der Waals surface area contributed by atoms with Crippen molar-refractivity contribution in [1.82, 2.24) is 4.90 Å². The van der Waals surface area contributed by atoms with Crippen LogP contribution in [0, 0.1) is 21.4 Å². The van der Waals surface area contributed by atoms with Crippen LogP contribution < -0.4 is 0 Å². The Bertz CT molecular complexity index is 1190. The highest BCUT2D eigenvalue weighted by Crippen LogP contribution is 2.34. The Morgan fingerprint density at radius 3 is 2.61 bits per heavy atom. The average Bonchev–Trinajstić information content (AvgIpc) is 3.44. The van der Waals surface area contributed by atoms with Crippen LogP contribution in [0.15, 0.2) is 57.5 Å². The smallest absolute Gasteiger partial charge is 0.271 e. The first kappa shape index (κ1) is 20.3. The number of amides is 2. The number of nitro benzene ring substituents is 1. The van der Waals surface area contributed by atoms with Gasteiger partial charge in [0.2, 0.25) is 0 Å². The van der Waals surface area contributed by atoms with E-state index in [0.717, 1.165) is 25.7 Å². The lowest BCUT2D eigenvalue weighted by Crippen LogP contribution is -2.47. The van der Waals surface area contributed by atoms with E-state index < -0.39 is 16.7 Å². The first-order chi connectivity index (χ1) is 14.9. The van der Waals surface area contributed by atoms with Gasteiger partial charge in [-0.25, -0.2) is 0 Å². The molecule has 8 heteroatoms. The summed E-state index contributed by atoms with van der Waals surface area (Å²) in [4.78, 5) is 37.7. The third-order valence-corrected chi connectivity index (χ3v) is 5.72. The van der Waals surface area contributed by atoms with E-state index in [4.69, 9.17) is 4.42 Å². The second kappa shape index (κ2) is 8.03. The van der Waals surface area contributed by atoms with Crippen LogP contribution >= 0.6 is 0 Å². The lowest BCUT2D eigenvalue weighted by atomic mass is 9.93. The van der Waals surface area contributed by atoms with Gasteiger partial charge in [-0.05, 0) is 43.5 Å². The monoisotopic (exact) mass is 417 g/mol.